The van der Waals surface area contributed by atoms with Crippen LogP contribution in [0.15, 0.2) is 18.2 Å². The smallest absolute Gasteiger partial charge is 0.126 e. The lowest BCUT2D eigenvalue weighted by Gasteiger charge is -2.19. The molecule has 3 heteroatoms. The Balaban J connectivity index is 1.82. The van der Waals surface area contributed by atoms with Crippen molar-refractivity contribution >= 4 is 0 Å². The Kier molecular flexibility index (Phi) is 6.52. The van der Waals surface area contributed by atoms with E-state index in [9.17, 15) is 0 Å². The van der Waals surface area contributed by atoms with Gasteiger partial charge in [0.15, 0.2) is 0 Å². The van der Waals surface area contributed by atoms with Crippen LogP contribution in [0.4, 0.5) is 0 Å². The maximum atomic E-state index is 5.91. The molecule has 1 atom stereocenters. The molecule has 0 fully saturated rings. The van der Waals surface area contributed by atoms with Gasteiger partial charge in [0, 0.05) is 24.8 Å². The molecule has 1 unspecified atom stereocenters. The molecule has 118 valence electrons. The minimum Gasteiger partial charge on any atom is -0.493 e. The molecular weight excluding hydrogens is 262 g/mol. The number of benzene rings is 1. The van der Waals surface area contributed by atoms with Crippen LogP contribution in [0.2, 0.25) is 0 Å². The van der Waals surface area contributed by atoms with Gasteiger partial charge in [-0.05, 0) is 37.7 Å². The number of fused-ring (bicyclic) bond motifs is 1. The standard InChI is InChI=1S/C18H29NO2/c1-14(2)9-12-20-13-10-19-17-8-5-11-21-18-15(3)6-4-7-16(17)18/h4,6-7,14,17,19H,5,8-13H2,1-3H3. The van der Waals surface area contributed by atoms with E-state index in [0.717, 1.165) is 51.4 Å². The first-order valence-electron chi connectivity index (χ1n) is 8.22. The fraction of sp³-hybridized carbons (Fsp3) is 0.667. The van der Waals surface area contributed by atoms with E-state index in [2.05, 4.69) is 44.3 Å². The van der Waals surface area contributed by atoms with Crippen molar-refractivity contribution < 1.29 is 9.47 Å². The van der Waals surface area contributed by atoms with E-state index in [1.807, 2.05) is 0 Å². The van der Waals surface area contributed by atoms with E-state index in [4.69, 9.17) is 9.47 Å². The van der Waals surface area contributed by atoms with Gasteiger partial charge in [0.2, 0.25) is 0 Å². The largest absolute Gasteiger partial charge is 0.493 e. The number of aryl methyl sites for hydroxylation is 1. The highest BCUT2D eigenvalue weighted by molar-refractivity contribution is 5.43. The zero-order valence-electron chi connectivity index (χ0n) is 13.7. The third-order valence-corrected chi connectivity index (χ3v) is 3.98. The average molecular weight is 291 g/mol. The topological polar surface area (TPSA) is 30.5 Å². The highest BCUT2D eigenvalue weighted by Gasteiger charge is 2.20. The summed E-state index contributed by atoms with van der Waals surface area (Å²) in [6.45, 7) is 9.94. The minimum absolute atomic E-state index is 0.385. The van der Waals surface area contributed by atoms with E-state index >= 15 is 0 Å². The van der Waals surface area contributed by atoms with Crippen molar-refractivity contribution in [3.8, 4) is 5.75 Å². The molecule has 1 aromatic rings. The molecule has 1 aromatic carbocycles. The van der Waals surface area contributed by atoms with Crippen molar-refractivity contribution in [2.45, 2.75) is 46.1 Å². The van der Waals surface area contributed by atoms with Crippen LogP contribution in [0.5, 0.6) is 5.75 Å². The van der Waals surface area contributed by atoms with Gasteiger partial charge in [-0.1, -0.05) is 32.0 Å². The second-order valence-corrected chi connectivity index (χ2v) is 6.29. The molecule has 0 amide bonds. The van der Waals surface area contributed by atoms with Crippen LogP contribution in [-0.4, -0.2) is 26.4 Å². The first-order chi connectivity index (χ1) is 10.2. The summed E-state index contributed by atoms with van der Waals surface area (Å²) in [5.41, 5.74) is 2.53. The molecule has 0 aromatic heterocycles. The summed E-state index contributed by atoms with van der Waals surface area (Å²) < 4.78 is 11.6. The Morgan fingerprint density at radius 2 is 2.19 bits per heavy atom. The zero-order chi connectivity index (χ0) is 15.1. The quantitative estimate of drug-likeness (QED) is 0.774. The van der Waals surface area contributed by atoms with Gasteiger partial charge in [-0.25, -0.2) is 0 Å². The molecule has 2 rings (SSSR count). The monoisotopic (exact) mass is 291 g/mol. The SMILES string of the molecule is Cc1cccc2c1OCCCC2NCCOCCC(C)C. The summed E-state index contributed by atoms with van der Waals surface area (Å²) in [5.74, 6) is 1.79. The Hall–Kier alpha value is -1.06. The summed E-state index contributed by atoms with van der Waals surface area (Å²) in [6.07, 6.45) is 3.36. The average Bonchev–Trinajstić information content (AvgIpc) is 2.66. The van der Waals surface area contributed by atoms with Gasteiger partial charge in [-0.15, -0.1) is 0 Å². The van der Waals surface area contributed by atoms with Crippen LogP contribution >= 0.6 is 0 Å². The zero-order valence-corrected chi connectivity index (χ0v) is 13.7. The molecular formula is C18H29NO2. The van der Waals surface area contributed by atoms with E-state index in [0.29, 0.717) is 12.0 Å². The van der Waals surface area contributed by atoms with Gasteiger partial charge in [0.25, 0.3) is 0 Å². The van der Waals surface area contributed by atoms with Gasteiger partial charge in [-0.2, -0.15) is 0 Å². The molecule has 0 aliphatic carbocycles. The van der Waals surface area contributed by atoms with Crippen molar-refractivity contribution in [1.29, 1.82) is 0 Å². The van der Waals surface area contributed by atoms with Crippen molar-refractivity contribution in [3.05, 3.63) is 29.3 Å². The van der Waals surface area contributed by atoms with Crippen LogP contribution in [-0.2, 0) is 4.74 Å². The predicted octanol–water partition coefficient (Wildman–Crippen LogP) is 3.86. The molecule has 21 heavy (non-hydrogen) atoms. The highest BCUT2D eigenvalue weighted by atomic mass is 16.5. The van der Waals surface area contributed by atoms with Crippen molar-refractivity contribution in [2.24, 2.45) is 5.92 Å². The minimum atomic E-state index is 0.385. The lowest BCUT2D eigenvalue weighted by atomic mass is 10.00. The second kappa shape index (κ2) is 8.40. The van der Waals surface area contributed by atoms with Crippen LogP contribution in [0.1, 0.15) is 50.3 Å². The lowest BCUT2D eigenvalue weighted by molar-refractivity contribution is 0.123. The van der Waals surface area contributed by atoms with Gasteiger partial charge >= 0.3 is 0 Å². The first kappa shape index (κ1) is 16.3. The maximum Gasteiger partial charge on any atom is 0.126 e. The van der Waals surface area contributed by atoms with Gasteiger partial charge in [0.05, 0.1) is 13.2 Å². The summed E-state index contributed by atoms with van der Waals surface area (Å²) in [4.78, 5) is 0. The molecule has 1 N–H and O–H groups in total. The van der Waals surface area contributed by atoms with Gasteiger partial charge < -0.3 is 14.8 Å². The second-order valence-electron chi connectivity index (χ2n) is 6.29. The predicted molar refractivity (Wildman–Crippen MR) is 86.9 cm³/mol. The molecule has 0 saturated heterocycles. The highest BCUT2D eigenvalue weighted by Crippen LogP contribution is 2.33. The number of hydrogen-bond donors (Lipinski definition) is 1. The van der Waals surface area contributed by atoms with E-state index in [-0.39, 0.29) is 0 Å². The third kappa shape index (κ3) is 5.01. The fourth-order valence-electron chi connectivity index (χ4n) is 2.70. The maximum absolute atomic E-state index is 5.91. The Labute approximate surface area is 129 Å². The van der Waals surface area contributed by atoms with Crippen molar-refractivity contribution in [1.82, 2.24) is 5.32 Å². The van der Waals surface area contributed by atoms with Crippen molar-refractivity contribution in [2.75, 3.05) is 26.4 Å². The van der Waals surface area contributed by atoms with Crippen LogP contribution < -0.4 is 10.1 Å². The number of ether oxygens (including phenoxy) is 2. The molecule has 3 nitrogen and oxygen atoms in total. The fourth-order valence-corrected chi connectivity index (χ4v) is 2.70. The van der Waals surface area contributed by atoms with Crippen LogP contribution in [0.25, 0.3) is 0 Å². The van der Waals surface area contributed by atoms with Gasteiger partial charge in [0.1, 0.15) is 5.75 Å². The Morgan fingerprint density at radius 3 is 3.00 bits per heavy atom. The van der Waals surface area contributed by atoms with Gasteiger partial charge in [-0.3, -0.25) is 0 Å². The van der Waals surface area contributed by atoms with Crippen LogP contribution in [0, 0.1) is 12.8 Å². The van der Waals surface area contributed by atoms with E-state index in [1.165, 1.54) is 11.1 Å². The lowest BCUT2D eigenvalue weighted by Crippen LogP contribution is -2.25. The molecule has 0 spiro atoms. The summed E-state index contributed by atoms with van der Waals surface area (Å²) >= 11 is 0. The van der Waals surface area contributed by atoms with Crippen molar-refractivity contribution in [3.63, 3.8) is 0 Å². The normalized spacial score (nSPS) is 18.2. The number of rotatable bonds is 7. The summed E-state index contributed by atoms with van der Waals surface area (Å²) in [7, 11) is 0. The molecule has 0 saturated carbocycles. The summed E-state index contributed by atoms with van der Waals surface area (Å²) in [5, 5.41) is 3.63. The molecule has 0 bridgehead atoms. The Morgan fingerprint density at radius 1 is 1.33 bits per heavy atom. The molecule has 1 aliphatic rings. The molecule has 1 aliphatic heterocycles. The Bertz CT molecular complexity index is 431. The first-order valence-corrected chi connectivity index (χ1v) is 8.22. The molecule has 1 heterocycles. The number of para-hydroxylation sites is 1. The van der Waals surface area contributed by atoms with E-state index in [1.54, 1.807) is 0 Å². The molecule has 0 radical (unpaired) electrons. The summed E-state index contributed by atoms with van der Waals surface area (Å²) in [6, 6.07) is 6.81. The van der Waals surface area contributed by atoms with E-state index < -0.39 is 0 Å². The van der Waals surface area contributed by atoms with Crippen LogP contribution in [0.3, 0.4) is 0 Å². The number of hydrogen-bond acceptors (Lipinski definition) is 3. The third-order valence-electron chi connectivity index (χ3n) is 3.98. The number of nitrogens with one attached hydrogen (secondary N) is 1.